The van der Waals surface area contributed by atoms with Crippen LogP contribution in [0.5, 0.6) is 0 Å². The van der Waals surface area contributed by atoms with Crippen LogP contribution in [0.1, 0.15) is 11.1 Å². The molecule has 0 aliphatic carbocycles. The molecule has 1 aromatic heterocycles. The normalized spacial score (nSPS) is 12.8. The lowest BCUT2D eigenvalue weighted by Crippen LogP contribution is -2.42. The van der Waals surface area contributed by atoms with Gasteiger partial charge in [-0.3, -0.25) is 4.79 Å². The van der Waals surface area contributed by atoms with Crippen molar-refractivity contribution in [1.82, 2.24) is 9.71 Å². The third-order valence-corrected chi connectivity index (χ3v) is 5.61. The molecule has 0 bridgehead atoms. The van der Waals surface area contributed by atoms with E-state index in [9.17, 15) is 18.3 Å². The van der Waals surface area contributed by atoms with Crippen LogP contribution >= 0.6 is 0 Å². The molecular formula is C19H18N2O4S. The van der Waals surface area contributed by atoms with Crippen molar-refractivity contribution in [3.05, 3.63) is 72.4 Å². The van der Waals surface area contributed by atoms with Crippen LogP contribution in [0.15, 0.2) is 66.2 Å². The van der Waals surface area contributed by atoms with E-state index in [4.69, 9.17) is 0 Å². The average molecular weight is 370 g/mol. The van der Waals surface area contributed by atoms with Gasteiger partial charge in [0.1, 0.15) is 6.04 Å². The number of aromatic nitrogens is 1. The highest BCUT2D eigenvalue weighted by molar-refractivity contribution is 7.89. The van der Waals surface area contributed by atoms with Crippen molar-refractivity contribution >= 4 is 33.0 Å². The summed E-state index contributed by atoms with van der Waals surface area (Å²) in [5.74, 6) is -1.23. The van der Waals surface area contributed by atoms with Crippen LogP contribution in [0, 0.1) is 0 Å². The zero-order chi connectivity index (χ0) is 18.7. The van der Waals surface area contributed by atoms with E-state index in [1.165, 1.54) is 12.1 Å². The topological polar surface area (TPSA) is 99.3 Å². The van der Waals surface area contributed by atoms with Gasteiger partial charge in [-0.2, -0.15) is 4.72 Å². The van der Waals surface area contributed by atoms with Crippen molar-refractivity contribution in [1.29, 1.82) is 0 Å². The zero-order valence-corrected chi connectivity index (χ0v) is 14.7. The van der Waals surface area contributed by atoms with Gasteiger partial charge in [0.2, 0.25) is 10.0 Å². The summed E-state index contributed by atoms with van der Waals surface area (Å²) in [5.41, 5.74) is 2.38. The number of carbonyl (C=O) groups is 1. The molecule has 0 aliphatic heterocycles. The fourth-order valence-electron chi connectivity index (χ4n) is 2.74. The maximum atomic E-state index is 12.5. The molecule has 0 radical (unpaired) electrons. The Hall–Kier alpha value is -2.90. The highest BCUT2D eigenvalue weighted by Gasteiger charge is 2.26. The second kappa shape index (κ2) is 7.15. The van der Waals surface area contributed by atoms with E-state index in [2.05, 4.69) is 16.3 Å². The Kier molecular flexibility index (Phi) is 4.92. The van der Waals surface area contributed by atoms with Gasteiger partial charge in [-0.25, -0.2) is 8.42 Å². The third kappa shape index (κ3) is 3.68. The quantitative estimate of drug-likeness (QED) is 0.595. The number of rotatable bonds is 7. The summed E-state index contributed by atoms with van der Waals surface area (Å²) in [4.78, 5) is 14.7. The fraction of sp³-hybridized carbons (Fsp3) is 0.105. The molecule has 1 heterocycles. The minimum Gasteiger partial charge on any atom is -0.480 e. The lowest BCUT2D eigenvalue weighted by Gasteiger charge is -2.15. The van der Waals surface area contributed by atoms with Crippen LogP contribution in [0.25, 0.3) is 17.0 Å². The summed E-state index contributed by atoms with van der Waals surface area (Å²) in [7, 11) is -3.96. The molecule has 0 amide bonds. The number of carboxylic acid groups (broad SMARTS) is 1. The molecule has 26 heavy (non-hydrogen) atoms. The molecule has 0 saturated heterocycles. The predicted molar refractivity (Wildman–Crippen MR) is 100 cm³/mol. The summed E-state index contributed by atoms with van der Waals surface area (Å²) < 4.78 is 27.3. The molecule has 6 nitrogen and oxygen atoms in total. The lowest BCUT2D eigenvalue weighted by atomic mass is 10.1. The van der Waals surface area contributed by atoms with Crippen molar-refractivity contribution in [3.8, 4) is 0 Å². The Morgan fingerprint density at radius 1 is 1.19 bits per heavy atom. The second-order valence-corrected chi connectivity index (χ2v) is 7.56. The van der Waals surface area contributed by atoms with Crippen molar-refractivity contribution in [2.75, 3.05) is 0 Å². The highest BCUT2D eigenvalue weighted by atomic mass is 32.2. The number of fused-ring (bicyclic) bond motifs is 1. The van der Waals surface area contributed by atoms with E-state index >= 15 is 0 Å². The fourth-order valence-corrected chi connectivity index (χ4v) is 3.93. The number of benzene rings is 2. The van der Waals surface area contributed by atoms with Gasteiger partial charge in [0.05, 0.1) is 4.90 Å². The predicted octanol–water partition coefficient (Wildman–Crippen LogP) is 2.79. The van der Waals surface area contributed by atoms with Gasteiger partial charge in [0.25, 0.3) is 0 Å². The number of hydrogen-bond donors (Lipinski definition) is 3. The van der Waals surface area contributed by atoms with Crippen LogP contribution in [0.2, 0.25) is 0 Å². The Bertz CT molecular complexity index is 1050. The maximum Gasteiger partial charge on any atom is 0.322 e. The van der Waals surface area contributed by atoms with Crippen LogP contribution in [0.3, 0.4) is 0 Å². The molecule has 1 unspecified atom stereocenters. The van der Waals surface area contributed by atoms with Crippen LogP contribution in [-0.4, -0.2) is 30.5 Å². The number of nitrogens with one attached hydrogen (secondary N) is 2. The van der Waals surface area contributed by atoms with E-state index in [1.54, 1.807) is 24.4 Å². The summed E-state index contributed by atoms with van der Waals surface area (Å²) in [5, 5.41) is 10.4. The van der Waals surface area contributed by atoms with Crippen LogP contribution < -0.4 is 4.72 Å². The van der Waals surface area contributed by atoms with Crippen LogP contribution in [0.4, 0.5) is 0 Å². The summed E-state index contributed by atoms with van der Waals surface area (Å²) in [6.07, 6.45) is 3.33. The van der Waals surface area contributed by atoms with Gasteiger partial charge in [-0.15, -0.1) is 0 Å². The van der Waals surface area contributed by atoms with E-state index in [-0.39, 0.29) is 11.3 Å². The summed E-state index contributed by atoms with van der Waals surface area (Å²) in [6, 6.07) is 12.2. The van der Waals surface area contributed by atoms with Crippen molar-refractivity contribution < 1.29 is 18.3 Å². The molecule has 0 fully saturated rings. The van der Waals surface area contributed by atoms with Gasteiger partial charge in [0.15, 0.2) is 0 Å². The van der Waals surface area contributed by atoms with Crippen molar-refractivity contribution in [2.45, 2.75) is 17.4 Å². The molecule has 1 atom stereocenters. The molecule has 2 aromatic carbocycles. The number of sulfonamides is 1. The van der Waals surface area contributed by atoms with E-state index in [0.717, 1.165) is 22.0 Å². The first kappa shape index (κ1) is 17.9. The van der Waals surface area contributed by atoms with Crippen molar-refractivity contribution in [3.63, 3.8) is 0 Å². The Balaban J connectivity index is 1.85. The Morgan fingerprint density at radius 2 is 1.88 bits per heavy atom. The Labute approximate surface area is 151 Å². The first-order valence-corrected chi connectivity index (χ1v) is 9.41. The van der Waals surface area contributed by atoms with Gasteiger partial charge in [0, 0.05) is 23.5 Å². The van der Waals surface area contributed by atoms with E-state index < -0.39 is 22.0 Å². The third-order valence-electron chi connectivity index (χ3n) is 4.12. The van der Waals surface area contributed by atoms with Gasteiger partial charge in [-0.1, -0.05) is 43.0 Å². The number of aromatic amines is 1. The molecule has 3 N–H and O–H groups in total. The number of H-pyrrole nitrogens is 1. The van der Waals surface area contributed by atoms with Gasteiger partial charge < -0.3 is 10.1 Å². The molecule has 3 rings (SSSR count). The average Bonchev–Trinajstić information content (AvgIpc) is 3.04. The molecular weight excluding hydrogens is 352 g/mol. The first-order valence-electron chi connectivity index (χ1n) is 7.93. The monoisotopic (exact) mass is 370 g/mol. The standard InChI is InChI=1S/C19H18N2O4S/c1-2-13-7-9-15(10-8-13)26(24,25)21-18(19(22)23)11-14-12-20-17-6-4-3-5-16(14)17/h2-10,12,18,20-21H,1,11H2,(H,22,23). The first-order chi connectivity index (χ1) is 12.4. The molecule has 0 saturated carbocycles. The molecule has 7 heteroatoms. The van der Waals surface area contributed by atoms with E-state index in [1.807, 2.05) is 24.3 Å². The molecule has 134 valence electrons. The number of aliphatic carboxylic acids is 1. The minimum atomic E-state index is -3.96. The molecule has 3 aromatic rings. The molecule has 0 aliphatic rings. The summed E-state index contributed by atoms with van der Waals surface area (Å²) in [6.45, 7) is 3.62. The number of para-hydroxylation sites is 1. The highest BCUT2D eigenvalue weighted by Crippen LogP contribution is 2.20. The molecule has 0 spiro atoms. The SMILES string of the molecule is C=Cc1ccc(S(=O)(=O)NC(Cc2c[nH]c3ccccc23)C(=O)O)cc1. The number of carboxylic acids is 1. The number of hydrogen-bond acceptors (Lipinski definition) is 3. The van der Waals surface area contributed by atoms with Crippen LogP contribution in [-0.2, 0) is 21.2 Å². The minimum absolute atomic E-state index is 0.00766. The lowest BCUT2D eigenvalue weighted by molar-refractivity contribution is -0.138. The largest absolute Gasteiger partial charge is 0.480 e. The zero-order valence-electron chi connectivity index (χ0n) is 13.8. The van der Waals surface area contributed by atoms with Gasteiger partial charge in [-0.05, 0) is 29.3 Å². The maximum absolute atomic E-state index is 12.5. The smallest absolute Gasteiger partial charge is 0.322 e. The van der Waals surface area contributed by atoms with E-state index in [0.29, 0.717) is 0 Å². The summed E-state index contributed by atoms with van der Waals surface area (Å²) >= 11 is 0. The van der Waals surface area contributed by atoms with Gasteiger partial charge >= 0.3 is 5.97 Å². The second-order valence-electron chi connectivity index (χ2n) is 5.85. The Morgan fingerprint density at radius 3 is 2.54 bits per heavy atom. The van der Waals surface area contributed by atoms with Crippen molar-refractivity contribution in [2.24, 2.45) is 0 Å².